The van der Waals surface area contributed by atoms with Gasteiger partial charge >= 0.3 is 6.09 Å². The average Bonchev–Trinajstić information content (AvgIpc) is 2.21. The van der Waals surface area contributed by atoms with Gasteiger partial charge in [-0.3, -0.25) is 10.2 Å². The molecule has 1 N–H and O–H groups in total. The van der Waals surface area contributed by atoms with E-state index < -0.39 is 9.89 Å². The number of carbonyl (C=O) groups excluding carboxylic acids is 1. The third-order valence-corrected chi connectivity index (χ3v) is 2.53. The molecule has 0 saturated heterocycles. The molecule has 9 heteroatoms. The predicted octanol–water partition coefficient (Wildman–Crippen LogP) is 4.90. The largest absolute Gasteiger partial charge is 0.437 e. The van der Waals surface area contributed by atoms with Crippen molar-refractivity contribution in [1.82, 2.24) is 0 Å². The Bertz CT molecular complexity index is 473. The SMILES string of the molecule is O=C(Nc1ccc(Cl)c(Cl)c1)O/N=C/C(Cl)(Cl)Cl. The van der Waals surface area contributed by atoms with Gasteiger partial charge in [0, 0.05) is 5.69 Å². The molecule has 0 aliphatic rings. The van der Waals surface area contributed by atoms with E-state index in [2.05, 4.69) is 15.3 Å². The number of nitrogens with zero attached hydrogens (tertiary/aromatic N) is 1. The first-order chi connectivity index (χ1) is 8.28. The van der Waals surface area contributed by atoms with Crippen molar-refractivity contribution in [1.29, 1.82) is 0 Å². The third-order valence-electron chi connectivity index (χ3n) is 1.50. The van der Waals surface area contributed by atoms with E-state index in [9.17, 15) is 4.79 Å². The highest BCUT2D eigenvalue weighted by atomic mass is 35.6. The molecule has 1 amide bonds. The normalized spacial score (nSPS) is 11.6. The standard InChI is InChI=1S/C9H5Cl5N2O2/c10-6-2-1-5(3-7(6)11)16-8(17)18-15-4-9(12,13)14/h1-4H,(H,16,17)/b15-4+. The molecule has 18 heavy (non-hydrogen) atoms. The van der Waals surface area contributed by atoms with E-state index in [-0.39, 0.29) is 0 Å². The van der Waals surface area contributed by atoms with Crippen LogP contribution in [0.15, 0.2) is 23.4 Å². The second-order valence-corrected chi connectivity index (χ2v) is 6.09. The van der Waals surface area contributed by atoms with Gasteiger partial charge in [-0.05, 0) is 18.2 Å². The fourth-order valence-electron chi connectivity index (χ4n) is 0.849. The molecule has 0 atom stereocenters. The number of amides is 1. The maximum atomic E-state index is 11.2. The Morgan fingerprint density at radius 2 is 1.94 bits per heavy atom. The maximum absolute atomic E-state index is 11.2. The molecule has 0 spiro atoms. The van der Waals surface area contributed by atoms with Gasteiger partial charge in [0.05, 0.1) is 16.3 Å². The first-order valence-corrected chi connectivity index (χ1v) is 6.21. The zero-order valence-electron chi connectivity index (χ0n) is 8.46. The molecule has 0 fully saturated rings. The topological polar surface area (TPSA) is 50.7 Å². The van der Waals surface area contributed by atoms with Gasteiger partial charge in [0.2, 0.25) is 3.79 Å². The molecule has 0 unspecified atom stereocenters. The number of carbonyl (C=O) groups is 1. The van der Waals surface area contributed by atoms with Crippen molar-refractivity contribution in [3.63, 3.8) is 0 Å². The van der Waals surface area contributed by atoms with Gasteiger partial charge in [0.1, 0.15) is 0 Å². The molecule has 0 aliphatic carbocycles. The molecular weight excluding hydrogens is 345 g/mol. The molecular formula is C9H5Cl5N2O2. The van der Waals surface area contributed by atoms with Crippen LogP contribution >= 0.6 is 58.0 Å². The Labute approximate surface area is 128 Å². The van der Waals surface area contributed by atoms with E-state index in [1.54, 1.807) is 0 Å². The minimum absolute atomic E-state index is 0.291. The number of halogens is 5. The van der Waals surface area contributed by atoms with E-state index in [1.165, 1.54) is 18.2 Å². The zero-order valence-corrected chi connectivity index (χ0v) is 12.2. The van der Waals surface area contributed by atoms with Crippen LogP contribution in [-0.4, -0.2) is 16.1 Å². The van der Waals surface area contributed by atoms with Crippen molar-refractivity contribution >= 4 is 76.0 Å². The molecule has 0 heterocycles. The summed E-state index contributed by atoms with van der Waals surface area (Å²) in [5.74, 6) is 0. The number of oxime groups is 1. The van der Waals surface area contributed by atoms with E-state index in [4.69, 9.17) is 58.0 Å². The number of alkyl halides is 3. The molecule has 0 bridgehead atoms. The van der Waals surface area contributed by atoms with Crippen LogP contribution in [0.25, 0.3) is 0 Å². The number of anilines is 1. The Balaban J connectivity index is 2.55. The van der Waals surface area contributed by atoms with Crippen molar-refractivity contribution in [3.05, 3.63) is 28.2 Å². The molecule has 0 aromatic heterocycles. The van der Waals surface area contributed by atoms with E-state index in [1.807, 2.05) is 0 Å². The summed E-state index contributed by atoms with van der Waals surface area (Å²) in [7, 11) is 0. The first-order valence-electron chi connectivity index (χ1n) is 4.32. The smallest absolute Gasteiger partial charge is 0.298 e. The molecule has 0 radical (unpaired) electrons. The van der Waals surface area contributed by atoms with Crippen LogP contribution in [0.1, 0.15) is 0 Å². The van der Waals surface area contributed by atoms with Gasteiger partial charge in [0.15, 0.2) is 0 Å². The monoisotopic (exact) mass is 348 g/mol. The minimum atomic E-state index is -1.73. The van der Waals surface area contributed by atoms with Crippen LogP contribution in [-0.2, 0) is 4.84 Å². The van der Waals surface area contributed by atoms with Crippen LogP contribution in [0.4, 0.5) is 10.5 Å². The fourth-order valence-corrected chi connectivity index (χ4v) is 1.27. The summed E-state index contributed by atoms with van der Waals surface area (Å²) in [6.45, 7) is 0. The highest BCUT2D eigenvalue weighted by molar-refractivity contribution is 6.74. The van der Waals surface area contributed by atoms with Crippen LogP contribution in [0.2, 0.25) is 10.0 Å². The lowest BCUT2D eigenvalue weighted by Crippen LogP contribution is -2.12. The maximum Gasteiger partial charge on any atom is 0.437 e. The predicted molar refractivity (Wildman–Crippen MR) is 75.3 cm³/mol. The molecule has 1 rings (SSSR count). The van der Waals surface area contributed by atoms with Crippen molar-refractivity contribution in [2.24, 2.45) is 5.16 Å². The lowest BCUT2D eigenvalue weighted by molar-refractivity contribution is 0.167. The van der Waals surface area contributed by atoms with Crippen molar-refractivity contribution in [3.8, 4) is 0 Å². The molecule has 1 aromatic carbocycles. The van der Waals surface area contributed by atoms with Crippen LogP contribution in [0.3, 0.4) is 0 Å². The number of hydrogen-bond acceptors (Lipinski definition) is 3. The Morgan fingerprint density at radius 3 is 2.50 bits per heavy atom. The van der Waals surface area contributed by atoms with Crippen molar-refractivity contribution < 1.29 is 9.63 Å². The average molecular weight is 350 g/mol. The fraction of sp³-hybridized carbons (Fsp3) is 0.111. The van der Waals surface area contributed by atoms with Crippen LogP contribution in [0, 0.1) is 0 Å². The summed E-state index contributed by atoms with van der Waals surface area (Å²) in [6, 6.07) is 4.50. The number of rotatable bonds is 2. The number of nitrogens with one attached hydrogen (secondary N) is 1. The second-order valence-electron chi connectivity index (χ2n) is 2.91. The molecule has 1 aromatic rings. The molecule has 4 nitrogen and oxygen atoms in total. The third kappa shape index (κ3) is 5.98. The first kappa shape index (κ1) is 15.7. The summed E-state index contributed by atoms with van der Waals surface area (Å²) in [6.07, 6.45) is -0.0228. The molecule has 98 valence electrons. The van der Waals surface area contributed by atoms with E-state index in [0.717, 1.165) is 6.21 Å². The number of benzene rings is 1. The Kier molecular flexibility index (Phi) is 5.82. The summed E-state index contributed by atoms with van der Waals surface area (Å²) in [5.41, 5.74) is 0.387. The van der Waals surface area contributed by atoms with Gasteiger partial charge in [-0.2, -0.15) is 0 Å². The lowest BCUT2D eigenvalue weighted by Gasteiger charge is -2.04. The van der Waals surface area contributed by atoms with Gasteiger partial charge < -0.3 is 0 Å². The van der Waals surface area contributed by atoms with Crippen LogP contribution in [0.5, 0.6) is 0 Å². The Morgan fingerprint density at radius 1 is 1.28 bits per heavy atom. The van der Waals surface area contributed by atoms with Gasteiger partial charge in [-0.1, -0.05) is 63.2 Å². The minimum Gasteiger partial charge on any atom is -0.298 e. The van der Waals surface area contributed by atoms with Gasteiger partial charge in [-0.15, -0.1) is 0 Å². The Hall–Kier alpha value is -0.390. The lowest BCUT2D eigenvalue weighted by atomic mass is 10.3. The summed E-state index contributed by atoms with van der Waals surface area (Å²) < 4.78 is -1.73. The highest BCUT2D eigenvalue weighted by Crippen LogP contribution is 2.25. The second kappa shape index (κ2) is 6.68. The zero-order chi connectivity index (χ0) is 13.8. The highest BCUT2D eigenvalue weighted by Gasteiger charge is 2.16. The number of hydrogen-bond donors (Lipinski definition) is 1. The van der Waals surface area contributed by atoms with Crippen molar-refractivity contribution in [2.45, 2.75) is 3.79 Å². The summed E-state index contributed by atoms with van der Waals surface area (Å²) in [5, 5.41) is 6.19. The van der Waals surface area contributed by atoms with E-state index >= 15 is 0 Å². The van der Waals surface area contributed by atoms with Gasteiger partial charge in [0.25, 0.3) is 0 Å². The molecule has 0 saturated carbocycles. The quantitative estimate of drug-likeness (QED) is 0.357. The molecule has 0 aliphatic heterocycles. The van der Waals surface area contributed by atoms with Crippen molar-refractivity contribution in [2.75, 3.05) is 5.32 Å². The van der Waals surface area contributed by atoms with Crippen LogP contribution < -0.4 is 5.32 Å². The van der Waals surface area contributed by atoms with Gasteiger partial charge in [-0.25, -0.2) is 4.79 Å². The van der Waals surface area contributed by atoms with E-state index in [0.29, 0.717) is 15.7 Å². The summed E-state index contributed by atoms with van der Waals surface area (Å²) >= 11 is 27.5. The summed E-state index contributed by atoms with van der Waals surface area (Å²) in [4.78, 5) is 15.6.